The van der Waals surface area contributed by atoms with Crippen molar-refractivity contribution in [3.05, 3.63) is 101 Å². The number of alkyl halides is 3. The monoisotopic (exact) mass is 427 g/mol. The summed E-state index contributed by atoms with van der Waals surface area (Å²) in [6.07, 6.45) is -3.28. The Morgan fingerprint density at radius 3 is 2.16 bits per heavy atom. The second-order valence-electron chi connectivity index (χ2n) is 6.38. The molecule has 3 rings (SSSR count). The van der Waals surface area contributed by atoms with Gasteiger partial charge in [-0.3, -0.25) is 4.79 Å². The van der Waals surface area contributed by atoms with Crippen molar-refractivity contribution in [2.75, 3.05) is 0 Å². The summed E-state index contributed by atoms with van der Waals surface area (Å²) in [4.78, 5) is 23.8. The highest BCUT2D eigenvalue weighted by Gasteiger charge is 2.30. The first-order valence-corrected chi connectivity index (χ1v) is 8.99. The molecule has 0 heterocycles. The normalized spacial score (nSPS) is 11.6. The number of carbonyl (C=O) groups excluding carboxylic acids is 1. The lowest BCUT2D eigenvalue weighted by atomic mass is 10.1. The molecule has 2 N–H and O–H groups in total. The van der Waals surface area contributed by atoms with Crippen LogP contribution in [0.2, 0.25) is 0 Å². The number of hydrogen-bond donors (Lipinski definition) is 2. The van der Waals surface area contributed by atoms with Gasteiger partial charge in [0.15, 0.2) is 0 Å². The van der Waals surface area contributed by atoms with E-state index in [1.165, 1.54) is 30.3 Å². The molecular weight excluding hydrogens is 411 g/mol. The minimum Gasteiger partial charge on any atom is -0.477 e. The zero-order valence-electron chi connectivity index (χ0n) is 15.9. The van der Waals surface area contributed by atoms with Gasteiger partial charge in [-0.2, -0.15) is 13.2 Å². The molecule has 5 nitrogen and oxygen atoms in total. The standard InChI is InChI=1S/C23H16F3NO4/c24-23(25,26)17-9-5-11-19(14-17)31-18-10-4-6-15(12-18)13-20(22(29)30)27-21(28)16-7-2-1-3-8-16/h1-14H,(H,27,28)(H,29,30)/b20-13-. The maximum atomic E-state index is 12.9. The van der Waals surface area contributed by atoms with Gasteiger partial charge in [0.2, 0.25) is 0 Å². The third-order valence-corrected chi connectivity index (χ3v) is 4.08. The van der Waals surface area contributed by atoms with Crippen LogP contribution in [0.4, 0.5) is 13.2 Å². The van der Waals surface area contributed by atoms with E-state index in [1.807, 2.05) is 0 Å². The first-order valence-electron chi connectivity index (χ1n) is 8.99. The number of rotatable bonds is 6. The van der Waals surface area contributed by atoms with Gasteiger partial charge in [-0.15, -0.1) is 0 Å². The molecule has 8 heteroatoms. The fourth-order valence-electron chi connectivity index (χ4n) is 2.64. The summed E-state index contributed by atoms with van der Waals surface area (Å²) in [5, 5.41) is 11.8. The van der Waals surface area contributed by atoms with Crippen LogP contribution in [-0.4, -0.2) is 17.0 Å². The summed E-state index contributed by atoms with van der Waals surface area (Å²) >= 11 is 0. The number of carbonyl (C=O) groups is 2. The van der Waals surface area contributed by atoms with E-state index in [2.05, 4.69) is 5.32 Å². The largest absolute Gasteiger partial charge is 0.477 e. The molecule has 0 aliphatic heterocycles. The Morgan fingerprint density at radius 2 is 1.52 bits per heavy atom. The van der Waals surface area contributed by atoms with Gasteiger partial charge >= 0.3 is 12.1 Å². The Hall–Kier alpha value is -4.07. The van der Waals surface area contributed by atoms with Crippen molar-refractivity contribution in [3.8, 4) is 11.5 Å². The van der Waals surface area contributed by atoms with Crippen molar-refractivity contribution in [2.45, 2.75) is 6.18 Å². The third-order valence-electron chi connectivity index (χ3n) is 4.08. The van der Waals surface area contributed by atoms with E-state index in [-0.39, 0.29) is 22.8 Å². The average molecular weight is 427 g/mol. The number of carboxylic acid groups (broad SMARTS) is 1. The number of ether oxygens (including phenoxy) is 1. The van der Waals surface area contributed by atoms with Crippen LogP contribution in [0.5, 0.6) is 11.5 Å². The van der Waals surface area contributed by atoms with E-state index in [1.54, 1.807) is 42.5 Å². The van der Waals surface area contributed by atoms with Gasteiger partial charge in [-0.1, -0.05) is 36.4 Å². The molecule has 0 atom stereocenters. The first kappa shape index (κ1) is 21.6. The topological polar surface area (TPSA) is 75.6 Å². The van der Waals surface area contributed by atoms with Crippen molar-refractivity contribution in [2.24, 2.45) is 0 Å². The molecule has 0 aliphatic carbocycles. The molecule has 0 fully saturated rings. The summed E-state index contributed by atoms with van der Waals surface area (Å²) in [7, 11) is 0. The lowest BCUT2D eigenvalue weighted by Gasteiger charge is -2.11. The summed E-state index contributed by atoms with van der Waals surface area (Å²) in [5.74, 6) is -1.77. The minimum absolute atomic E-state index is 0.0215. The van der Waals surface area contributed by atoms with Crippen molar-refractivity contribution < 1.29 is 32.6 Å². The zero-order valence-corrected chi connectivity index (χ0v) is 15.9. The molecule has 0 saturated heterocycles. The Bertz CT molecular complexity index is 1120. The summed E-state index contributed by atoms with van der Waals surface area (Å²) < 4.78 is 44.1. The molecule has 3 aromatic rings. The number of hydrogen-bond acceptors (Lipinski definition) is 3. The van der Waals surface area contributed by atoms with Crippen molar-refractivity contribution in [3.63, 3.8) is 0 Å². The van der Waals surface area contributed by atoms with Gasteiger partial charge in [0.05, 0.1) is 5.56 Å². The maximum absolute atomic E-state index is 12.9. The predicted octanol–water partition coefficient (Wildman–Crippen LogP) is 5.35. The molecule has 0 aromatic heterocycles. The molecule has 1 amide bonds. The number of halogens is 3. The number of carboxylic acids is 1. The van der Waals surface area contributed by atoms with Crippen LogP contribution in [0, 0.1) is 0 Å². The molecule has 0 saturated carbocycles. The second-order valence-corrected chi connectivity index (χ2v) is 6.38. The lowest BCUT2D eigenvalue weighted by molar-refractivity contribution is -0.137. The predicted molar refractivity (Wildman–Crippen MR) is 107 cm³/mol. The van der Waals surface area contributed by atoms with E-state index in [4.69, 9.17) is 4.74 Å². The Balaban J connectivity index is 1.81. The van der Waals surface area contributed by atoms with E-state index in [9.17, 15) is 27.9 Å². The Kier molecular flexibility index (Phi) is 6.40. The molecular formula is C23H16F3NO4. The van der Waals surface area contributed by atoms with Crippen LogP contribution < -0.4 is 10.1 Å². The highest BCUT2D eigenvalue weighted by molar-refractivity contribution is 6.02. The molecule has 31 heavy (non-hydrogen) atoms. The fourth-order valence-corrected chi connectivity index (χ4v) is 2.64. The van der Waals surface area contributed by atoms with Crippen LogP contribution in [0.25, 0.3) is 6.08 Å². The van der Waals surface area contributed by atoms with Crippen LogP contribution in [0.15, 0.2) is 84.6 Å². The number of amides is 1. The van der Waals surface area contributed by atoms with Gasteiger partial charge in [0.25, 0.3) is 5.91 Å². The smallest absolute Gasteiger partial charge is 0.416 e. The Labute approximate surface area is 175 Å². The maximum Gasteiger partial charge on any atom is 0.416 e. The lowest BCUT2D eigenvalue weighted by Crippen LogP contribution is -2.27. The molecule has 0 spiro atoms. The third kappa shape index (κ3) is 5.96. The molecule has 158 valence electrons. The SMILES string of the molecule is O=C(O)/C(=C/c1cccc(Oc2cccc(C(F)(F)F)c2)c1)NC(=O)c1ccccc1. The minimum atomic E-state index is -4.50. The van der Waals surface area contributed by atoms with E-state index in [0.29, 0.717) is 5.56 Å². The van der Waals surface area contributed by atoms with Crippen molar-refractivity contribution in [1.82, 2.24) is 5.32 Å². The van der Waals surface area contributed by atoms with Crippen molar-refractivity contribution >= 4 is 18.0 Å². The summed E-state index contributed by atoms with van der Waals surface area (Å²) in [5.41, 5.74) is -0.561. The number of nitrogens with one attached hydrogen (secondary N) is 1. The van der Waals surface area contributed by atoms with Crippen LogP contribution in [-0.2, 0) is 11.0 Å². The van der Waals surface area contributed by atoms with E-state index < -0.39 is 23.6 Å². The highest BCUT2D eigenvalue weighted by Crippen LogP contribution is 2.32. The molecule has 0 radical (unpaired) electrons. The molecule has 3 aromatic carbocycles. The average Bonchev–Trinajstić information content (AvgIpc) is 2.73. The quantitative estimate of drug-likeness (QED) is 0.520. The number of aliphatic carboxylic acids is 1. The van der Waals surface area contributed by atoms with E-state index >= 15 is 0 Å². The number of benzene rings is 3. The molecule has 0 bridgehead atoms. The molecule has 0 unspecified atom stereocenters. The summed E-state index contributed by atoms with van der Waals surface area (Å²) in [6.45, 7) is 0. The zero-order chi connectivity index (χ0) is 22.4. The first-order chi connectivity index (χ1) is 14.7. The van der Waals surface area contributed by atoms with Gasteiger partial charge in [0.1, 0.15) is 17.2 Å². The fraction of sp³-hybridized carbons (Fsp3) is 0.0435. The van der Waals surface area contributed by atoms with Gasteiger partial charge in [0, 0.05) is 5.56 Å². The van der Waals surface area contributed by atoms with E-state index in [0.717, 1.165) is 12.1 Å². The summed E-state index contributed by atoms with van der Waals surface area (Å²) in [6, 6.07) is 18.6. The van der Waals surface area contributed by atoms with Crippen LogP contribution in [0.1, 0.15) is 21.5 Å². The second kappa shape index (κ2) is 9.17. The molecule has 0 aliphatic rings. The van der Waals surface area contributed by atoms with Crippen LogP contribution >= 0.6 is 0 Å². The van der Waals surface area contributed by atoms with Gasteiger partial charge in [-0.05, 0) is 54.1 Å². The Morgan fingerprint density at radius 1 is 0.871 bits per heavy atom. The van der Waals surface area contributed by atoms with Gasteiger partial charge in [-0.25, -0.2) is 4.79 Å². The van der Waals surface area contributed by atoms with Gasteiger partial charge < -0.3 is 15.2 Å². The van der Waals surface area contributed by atoms with Crippen molar-refractivity contribution in [1.29, 1.82) is 0 Å². The highest BCUT2D eigenvalue weighted by atomic mass is 19.4. The van der Waals surface area contributed by atoms with Crippen LogP contribution in [0.3, 0.4) is 0 Å².